The predicted molar refractivity (Wildman–Crippen MR) is 77.4 cm³/mol. The van der Waals surface area contributed by atoms with E-state index >= 15 is 0 Å². The fourth-order valence-electron chi connectivity index (χ4n) is 1.93. The van der Waals surface area contributed by atoms with Gasteiger partial charge in [-0.2, -0.15) is 0 Å². The van der Waals surface area contributed by atoms with Gasteiger partial charge >= 0.3 is 12.0 Å². The minimum Gasteiger partial charge on any atom is -0.464 e. The maximum Gasteiger partial charge on any atom is 0.354 e. The third kappa shape index (κ3) is 4.32. The van der Waals surface area contributed by atoms with Gasteiger partial charge in [-0.25, -0.2) is 9.59 Å². The van der Waals surface area contributed by atoms with Crippen molar-refractivity contribution in [2.75, 3.05) is 33.4 Å². The summed E-state index contributed by atoms with van der Waals surface area (Å²) in [5.41, 5.74) is 0.917. The average molecular weight is 290 g/mol. The lowest BCUT2D eigenvalue weighted by molar-refractivity contribution is -0.136. The highest BCUT2D eigenvalue weighted by atomic mass is 16.5. The zero-order valence-electron chi connectivity index (χ0n) is 11.9. The number of ether oxygens (including phenoxy) is 2. The van der Waals surface area contributed by atoms with Crippen molar-refractivity contribution >= 4 is 18.1 Å². The Labute approximate surface area is 123 Å². The minimum absolute atomic E-state index is 0.111. The Morgan fingerprint density at radius 1 is 1.24 bits per heavy atom. The van der Waals surface area contributed by atoms with Gasteiger partial charge in [-0.3, -0.25) is 0 Å². The quantitative estimate of drug-likeness (QED) is 0.672. The molecule has 0 atom stereocenters. The molecule has 0 aliphatic carbocycles. The van der Waals surface area contributed by atoms with Crippen LogP contribution in [-0.2, 0) is 14.3 Å². The van der Waals surface area contributed by atoms with Crippen molar-refractivity contribution in [3.05, 3.63) is 41.6 Å². The van der Waals surface area contributed by atoms with E-state index in [4.69, 9.17) is 9.47 Å². The number of carbonyl (C=O) groups excluding carboxylic acids is 2. The monoisotopic (exact) mass is 290 g/mol. The van der Waals surface area contributed by atoms with E-state index in [9.17, 15) is 9.59 Å². The van der Waals surface area contributed by atoms with E-state index in [2.05, 4.69) is 5.32 Å². The second-order valence-electron chi connectivity index (χ2n) is 4.49. The summed E-state index contributed by atoms with van der Waals surface area (Å²) >= 11 is 0. The maximum absolute atomic E-state index is 12.1. The molecule has 2 rings (SSSR count). The maximum atomic E-state index is 12.1. The molecular formula is C15H18N2O4. The molecule has 1 aromatic rings. The van der Waals surface area contributed by atoms with Crippen LogP contribution < -0.4 is 5.32 Å². The Hall–Kier alpha value is -2.34. The molecule has 1 aliphatic heterocycles. The lowest BCUT2D eigenvalue weighted by atomic mass is 10.2. The number of nitrogens with one attached hydrogen (secondary N) is 1. The van der Waals surface area contributed by atoms with E-state index in [1.807, 2.05) is 30.3 Å². The number of rotatable bonds is 3. The smallest absolute Gasteiger partial charge is 0.354 e. The van der Waals surface area contributed by atoms with E-state index in [1.54, 1.807) is 11.0 Å². The fourth-order valence-corrected chi connectivity index (χ4v) is 1.93. The van der Waals surface area contributed by atoms with Gasteiger partial charge < -0.3 is 19.7 Å². The molecule has 2 amide bonds. The van der Waals surface area contributed by atoms with E-state index in [0.29, 0.717) is 26.3 Å². The molecular weight excluding hydrogens is 272 g/mol. The van der Waals surface area contributed by atoms with E-state index in [0.717, 1.165) is 5.56 Å². The van der Waals surface area contributed by atoms with E-state index < -0.39 is 5.97 Å². The summed E-state index contributed by atoms with van der Waals surface area (Å²) in [7, 11) is 1.28. The van der Waals surface area contributed by atoms with Gasteiger partial charge in [0.2, 0.25) is 0 Å². The Bertz CT molecular complexity index is 522. The van der Waals surface area contributed by atoms with Crippen LogP contribution in [0.15, 0.2) is 36.0 Å². The van der Waals surface area contributed by atoms with E-state index in [1.165, 1.54) is 7.11 Å². The number of nitrogens with zero attached hydrogens (tertiary/aromatic N) is 1. The van der Waals surface area contributed by atoms with Gasteiger partial charge in [0.1, 0.15) is 5.70 Å². The van der Waals surface area contributed by atoms with Crippen LogP contribution in [0.25, 0.3) is 6.08 Å². The van der Waals surface area contributed by atoms with Gasteiger partial charge in [0, 0.05) is 13.1 Å². The molecule has 0 bridgehead atoms. The number of benzene rings is 1. The Balaban J connectivity index is 2.11. The SMILES string of the molecule is COC(=O)/C(=C/c1ccccc1)NC(=O)N1CCOCC1. The van der Waals surface area contributed by atoms with E-state index in [-0.39, 0.29) is 11.7 Å². The standard InChI is InChI=1S/C15H18N2O4/c1-20-14(18)13(11-12-5-3-2-4-6-12)16-15(19)17-7-9-21-10-8-17/h2-6,11H,7-10H2,1H3,(H,16,19)/b13-11-. The molecule has 6 heteroatoms. The third-order valence-corrected chi connectivity index (χ3v) is 3.06. The summed E-state index contributed by atoms with van der Waals surface area (Å²) in [6.07, 6.45) is 1.59. The molecule has 0 aromatic heterocycles. The van der Waals surface area contributed by atoms with Gasteiger partial charge in [-0.1, -0.05) is 30.3 Å². The van der Waals surface area contributed by atoms with Gasteiger partial charge in [0.15, 0.2) is 0 Å². The van der Waals surface area contributed by atoms with Crippen LogP contribution in [0.2, 0.25) is 0 Å². The largest absolute Gasteiger partial charge is 0.464 e. The molecule has 0 unspecified atom stereocenters. The van der Waals surface area contributed by atoms with Crippen LogP contribution in [0, 0.1) is 0 Å². The molecule has 1 fully saturated rings. The van der Waals surface area contributed by atoms with Gasteiger partial charge in [-0.05, 0) is 11.6 Å². The first-order chi connectivity index (χ1) is 10.2. The number of hydrogen-bond donors (Lipinski definition) is 1. The first kappa shape index (κ1) is 15.1. The highest BCUT2D eigenvalue weighted by molar-refractivity contribution is 5.97. The van der Waals surface area contributed by atoms with Crippen molar-refractivity contribution in [2.45, 2.75) is 0 Å². The lowest BCUT2D eigenvalue weighted by Gasteiger charge is -2.27. The lowest BCUT2D eigenvalue weighted by Crippen LogP contribution is -2.46. The van der Waals surface area contributed by atoms with Crippen molar-refractivity contribution < 1.29 is 19.1 Å². The number of amides is 2. The molecule has 21 heavy (non-hydrogen) atoms. The second-order valence-corrected chi connectivity index (χ2v) is 4.49. The van der Waals surface area contributed by atoms with Gasteiger partial charge in [-0.15, -0.1) is 0 Å². The Morgan fingerprint density at radius 2 is 1.90 bits per heavy atom. The summed E-state index contributed by atoms with van der Waals surface area (Å²) < 4.78 is 9.90. The molecule has 6 nitrogen and oxygen atoms in total. The van der Waals surface area contributed by atoms with Gasteiger partial charge in [0.25, 0.3) is 0 Å². The molecule has 1 saturated heterocycles. The first-order valence-electron chi connectivity index (χ1n) is 6.69. The number of urea groups is 1. The Kier molecular flexibility index (Phi) is 5.34. The molecule has 0 spiro atoms. The van der Waals surface area contributed by atoms with Crippen LogP contribution in [0.5, 0.6) is 0 Å². The molecule has 1 aliphatic rings. The zero-order chi connectivity index (χ0) is 15.1. The van der Waals surface area contributed by atoms with Crippen LogP contribution in [0.1, 0.15) is 5.56 Å². The summed E-state index contributed by atoms with van der Waals surface area (Å²) in [5.74, 6) is -0.583. The van der Waals surface area contributed by atoms with Crippen LogP contribution in [0.4, 0.5) is 4.79 Å². The highest BCUT2D eigenvalue weighted by Gasteiger charge is 2.20. The third-order valence-electron chi connectivity index (χ3n) is 3.06. The molecule has 0 radical (unpaired) electrons. The first-order valence-corrected chi connectivity index (χ1v) is 6.69. The summed E-state index contributed by atoms with van der Waals surface area (Å²) in [4.78, 5) is 25.5. The van der Waals surface area contributed by atoms with Crippen molar-refractivity contribution in [1.82, 2.24) is 10.2 Å². The van der Waals surface area contributed by atoms with Crippen LogP contribution in [-0.4, -0.2) is 50.3 Å². The molecule has 1 aromatic carbocycles. The van der Waals surface area contributed by atoms with Crippen LogP contribution >= 0.6 is 0 Å². The summed E-state index contributed by atoms with van der Waals surface area (Å²) in [5, 5.41) is 2.60. The molecule has 1 heterocycles. The van der Waals surface area contributed by atoms with Crippen LogP contribution in [0.3, 0.4) is 0 Å². The topological polar surface area (TPSA) is 67.9 Å². The number of morpholine rings is 1. The van der Waals surface area contributed by atoms with Crippen molar-refractivity contribution in [3.8, 4) is 0 Å². The fraction of sp³-hybridized carbons (Fsp3) is 0.333. The summed E-state index contributed by atoms with van der Waals surface area (Å²) in [6, 6.07) is 8.93. The zero-order valence-corrected chi connectivity index (χ0v) is 11.9. The number of hydrogen-bond acceptors (Lipinski definition) is 4. The predicted octanol–water partition coefficient (Wildman–Crippen LogP) is 1.24. The van der Waals surface area contributed by atoms with Crippen molar-refractivity contribution in [1.29, 1.82) is 0 Å². The average Bonchev–Trinajstić information content (AvgIpc) is 2.55. The highest BCUT2D eigenvalue weighted by Crippen LogP contribution is 2.07. The molecule has 112 valence electrons. The number of methoxy groups -OCH3 is 1. The normalized spacial score (nSPS) is 15.5. The van der Waals surface area contributed by atoms with Crippen molar-refractivity contribution in [3.63, 3.8) is 0 Å². The Morgan fingerprint density at radius 3 is 2.52 bits per heavy atom. The van der Waals surface area contributed by atoms with Gasteiger partial charge in [0.05, 0.1) is 20.3 Å². The molecule has 1 N–H and O–H groups in total. The second kappa shape index (κ2) is 7.44. The van der Waals surface area contributed by atoms with Crippen molar-refractivity contribution in [2.24, 2.45) is 0 Å². The number of carbonyl (C=O) groups is 2. The number of esters is 1. The summed E-state index contributed by atoms with van der Waals surface area (Å²) in [6.45, 7) is 2.02. The minimum atomic E-state index is -0.583. The molecule has 0 saturated carbocycles.